The molecule has 1 heterocycles. The molecule has 2 aromatic carbocycles. The molecule has 0 unspecified atom stereocenters. The van der Waals surface area contributed by atoms with Crippen LogP contribution in [-0.4, -0.2) is 4.98 Å². The van der Waals surface area contributed by atoms with Gasteiger partial charge in [-0.25, -0.2) is 0 Å². The van der Waals surface area contributed by atoms with Gasteiger partial charge in [0.25, 0.3) is 0 Å². The summed E-state index contributed by atoms with van der Waals surface area (Å²) in [5.74, 6) is 0.808. The molecule has 1 aromatic heterocycles. The minimum Gasteiger partial charge on any atom is -0.419 e. The van der Waals surface area contributed by atoms with Crippen LogP contribution in [0.2, 0.25) is 5.02 Å². The van der Waals surface area contributed by atoms with E-state index in [-0.39, 0.29) is 5.69 Å². The number of nitriles is 1. The van der Waals surface area contributed by atoms with Crippen molar-refractivity contribution in [2.45, 2.75) is 13.5 Å². The Morgan fingerprint density at radius 1 is 1.22 bits per heavy atom. The number of benzene rings is 2. The molecule has 0 spiro atoms. The second-order valence-corrected chi connectivity index (χ2v) is 5.59. The predicted molar refractivity (Wildman–Crippen MR) is 90.2 cm³/mol. The van der Waals surface area contributed by atoms with Crippen molar-refractivity contribution in [2.24, 2.45) is 0 Å². The van der Waals surface area contributed by atoms with Crippen molar-refractivity contribution in [1.82, 2.24) is 4.98 Å². The number of halogens is 1. The summed E-state index contributed by atoms with van der Waals surface area (Å²) in [6.07, 6.45) is 0. The van der Waals surface area contributed by atoms with Gasteiger partial charge in [-0.3, -0.25) is 0 Å². The lowest BCUT2D eigenvalue weighted by Crippen LogP contribution is -1.99. The Kier molecular flexibility index (Phi) is 4.31. The first-order valence-electron chi connectivity index (χ1n) is 7.12. The van der Waals surface area contributed by atoms with Crippen molar-refractivity contribution in [1.29, 1.82) is 5.26 Å². The van der Waals surface area contributed by atoms with E-state index in [1.807, 2.05) is 55.5 Å². The molecule has 0 fully saturated rings. The Bertz CT molecular complexity index is 863. The van der Waals surface area contributed by atoms with E-state index in [0.29, 0.717) is 23.3 Å². The number of hydrogen-bond donors (Lipinski definition) is 1. The molecule has 5 heteroatoms. The fraction of sp³-hybridized carbons (Fsp3) is 0.111. The second kappa shape index (κ2) is 6.55. The van der Waals surface area contributed by atoms with Crippen molar-refractivity contribution >= 4 is 17.5 Å². The van der Waals surface area contributed by atoms with Crippen molar-refractivity contribution in [3.05, 3.63) is 70.4 Å². The molecule has 0 aliphatic rings. The quantitative estimate of drug-likeness (QED) is 0.750. The van der Waals surface area contributed by atoms with E-state index in [1.54, 1.807) is 0 Å². The van der Waals surface area contributed by atoms with Gasteiger partial charge in [-0.15, -0.1) is 0 Å². The highest BCUT2D eigenvalue weighted by Crippen LogP contribution is 2.26. The number of anilines is 1. The third-order valence-corrected chi connectivity index (χ3v) is 3.62. The topological polar surface area (TPSA) is 61.9 Å². The summed E-state index contributed by atoms with van der Waals surface area (Å²) in [5, 5.41) is 13.0. The first kappa shape index (κ1) is 15.1. The van der Waals surface area contributed by atoms with E-state index in [4.69, 9.17) is 16.0 Å². The normalized spacial score (nSPS) is 10.3. The molecule has 0 saturated heterocycles. The van der Waals surface area contributed by atoms with Gasteiger partial charge in [0.05, 0.1) is 0 Å². The molecule has 0 aliphatic carbocycles. The first-order valence-corrected chi connectivity index (χ1v) is 7.50. The van der Waals surface area contributed by atoms with Gasteiger partial charge in [-0.1, -0.05) is 41.4 Å². The smallest absolute Gasteiger partial charge is 0.232 e. The van der Waals surface area contributed by atoms with Crippen LogP contribution in [0.15, 0.2) is 52.9 Å². The van der Waals surface area contributed by atoms with E-state index in [1.165, 1.54) is 0 Å². The fourth-order valence-electron chi connectivity index (χ4n) is 2.20. The highest BCUT2D eigenvalue weighted by Gasteiger charge is 2.14. The molecule has 114 valence electrons. The van der Waals surface area contributed by atoms with Gasteiger partial charge in [0.1, 0.15) is 6.07 Å². The van der Waals surface area contributed by atoms with E-state index < -0.39 is 0 Å². The predicted octanol–water partition coefficient (Wildman–Crippen LogP) is 4.79. The van der Waals surface area contributed by atoms with Crippen LogP contribution in [0.4, 0.5) is 5.88 Å². The highest BCUT2D eigenvalue weighted by atomic mass is 35.5. The van der Waals surface area contributed by atoms with Crippen LogP contribution in [0, 0.1) is 18.3 Å². The van der Waals surface area contributed by atoms with Crippen LogP contribution in [0.3, 0.4) is 0 Å². The molecule has 0 aliphatic heterocycles. The summed E-state index contributed by atoms with van der Waals surface area (Å²) in [6, 6.07) is 17.3. The summed E-state index contributed by atoms with van der Waals surface area (Å²) in [6.45, 7) is 2.52. The fourth-order valence-corrected chi connectivity index (χ4v) is 2.33. The van der Waals surface area contributed by atoms with Crippen molar-refractivity contribution in [3.63, 3.8) is 0 Å². The number of oxazole rings is 1. The van der Waals surface area contributed by atoms with Crippen LogP contribution in [0.25, 0.3) is 11.5 Å². The largest absolute Gasteiger partial charge is 0.419 e. The highest BCUT2D eigenvalue weighted by molar-refractivity contribution is 6.30. The van der Waals surface area contributed by atoms with Gasteiger partial charge in [-0.2, -0.15) is 10.2 Å². The molecule has 0 amide bonds. The Morgan fingerprint density at radius 3 is 2.70 bits per heavy atom. The van der Waals surface area contributed by atoms with Gasteiger partial charge in [0.15, 0.2) is 0 Å². The number of aryl methyl sites for hydroxylation is 1. The van der Waals surface area contributed by atoms with Gasteiger partial charge in [-0.05, 0) is 36.8 Å². The Balaban J connectivity index is 1.82. The van der Waals surface area contributed by atoms with Crippen LogP contribution >= 0.6 is 11.6 Å². The lowest BCUT2D eigenvalue weighted by Gasteiger charge is -2.03. The molecule has 3 aromatic rings. The standard InChI is InChI=1S/C18H14ClN3O/c1-12-3-2-4-14(9-12)17-22-16(10-20)18(23-17)21-11-13-5-7-15(19)8-6-13/h2-9,21H,11H2,1H3. The van der Waals surface area contributed by atoms with Crippen LogP contribution in [0.1, 0.15) is 16.8 Å². The first-order chi connectivity index (χ1) is 11.2. The third-order valence-electron chi connectivity index (χ3n) is 3.36. The molecule has 0 radical (unpaired) electrons. The zero-order chi connectivity index (χ0) is 16.2. The molecule has 0 bridgehead atoms. The number of hydrogen-bond acceptors (Lipinski definition) is 4. The minimum atomic E-state index is 0.246. The maximum absolute atomic E-state index is 9.24. The summed E-state index contributed by atoms with van der Waals surface area (Å²) in [4.78, 5) is 4.26. The van der Waals surface area contributed by atoms with E-state index in [0.717, 1.165) is 16.7 Å². The Hall–Kier alpha value is -2.77. The summed E-state index contributed by atoms with van der Waals surface area (Å²) in [7, 11) is 0. The monoisotopic (exact) mass is 323 g/mol. The lowest BCUT2D eigenvalue weighted by atomic mass is 10.1. The number of aromatic nitrogens is 1. The van der Waals surface area contributed by atoms with Gasteiger partial charge in [0, 0.05) is 17.1 Å². The van der Waals surface area contributed by atoms with Gasteiger partial charge in [0.2, 0.25) is 17.5 Å². The summed E-state index contributed by atoms with van der Waals surface area (Å²) in [5.41, 5.74) is 3.23. The molecule has 23 heavy (non-hydrogen) atoms. The SMILES string of the molecule is Cc1cccc(-c2nc(C#N)c(NCc3ccc(Cl)cc3)o2)c1. The number of rotatable bonds is 4. The minimum absolute atomic E-state index is 0.246. The lowest BCUT2D eigenvalue weighted by molar-refractivity contribution is 0.585. The molecular weight excluding hydrogens is 310 g/mol. The molecule has 4 nitrogen and oxygen atoms in total. The Labute approximate surface area is 139 Å². The second-order valence-electron chi connectivity index (χ2n) is 5.16. The molecule has 0 atom stereocenters. The number of nitrogens with zero attached hydrogens (tertiary/aromatic N) is 2. The molecule has 0 saturated carbocycles. The molecule has 1 N–H and O–H groups in total. The maximum Gasteiger partial charge on any atom is 0.232 e. The summed E-state index contributed by atoms with van der Waals surface area (Å²) < 4.78 is 5.72. The summed E-state index contributed by atoms with van der Waals surface area (Å²) >= 11 is 5.87. The average molecular weight is 324 g/mol. The molecule has 3 rings (SSSR count). The van der Waals surface area contributed by atoms with Gasteiger partial charge >= 0.3 is 0 Å². The van der Waals surface area contributed by atoms with Crippen LogP contribution in [-0.2, 0) is 6.54 Å². The van der Waals surface area contributed by atoms with Crippen molar-refractivity contribution < 1.29 is 4.42 Å². The Morgan fingerprint density at radius 2 is 2.00 bits per heavy atom. The zero-order valence-corrected chi connectivity index (χ0v) is 13.3. The maximum atomic E-state index is 9.24. The third kappa shape index (κ3) is 3.53. The van der Waals surface area contributed by atoms with E-state index in [9.17, 15) is 5.26 Å². The van der Waals surface area contributed by atoms with E-state index in [2.05, 4.69) is 16.4 Å². The van der Waals surface area contributed by atoms with Crippen molar-refractivity contribution in [2.75, 3.05) is 5.32 Å². The average Bonchev–Trinajstić information content (AvgIpc) is 2.98. The molecular formula is C18H14ClN3O. The van der Waals surface area contributed by atoms with E-state index >= 15 is 0 Å². The van der Waals surface area contributed by atoms with Crippen LogP contribution in [0.5, 0.6) is 0 Å². The zero-order valence-electron chi connectivity index (χ0n) is 12.5. The number of nitrogens with one attached hydrogen (secondary N) is 1. The van der Waals surface area contributed by atoms with Gasteiger partial charge < -0.3 is 9.73 Å². The van der Waals surface area contributed by atoms with Crippen LogP contribution < -0.4 is 5.32 Å². The van der Waals surface area contributed by atoms with Crippen molar-refractivity contribution in [3.8, 4) is 17.5 Å².